The van der Waals surface area contributed by atoms with Gasteiger partial charge in [-0.05, 0) is 37.0 Å². The minimum Gasteiger partial charge on any atom is -0.398 e. The zero-order valence-corrected chi connectivity index (χ0v) is 11.2. The molecule has 96 valence electrons. The first-order chi connectivity index (χ1) is 8.61. The van der Waals surface area contributed by atoms with E-state index in [2.05, 4.69) is 24.9 Å². The average molecular weight is 243 g/mol. The second-order valence-corrected chi connectivity index (χ2v) is 5.42. The first kappa shape index (κ1) is 12.8. The Labute approximate surface area is 109 Å². The summed E-state index contributed by atoms with van der Waals surface area (Å²) < 4.78 is 0. The second kappa shape index (κ2) is 5.30. The molecule has 1 aromatic carbocycles. The van der Waals surface area contributed by atoms with Crippen LogP contribution in [0.3, 0.4) is 0 Å². The number of nitrogens with zero attached hydrogens (tertiary/aromatic N) is 2. The molecule has 0 aromatic heterocycles. The summed E-state index contributed by atoms with van der Waals surface area (Å²) in [5.74, 6) is 0.807. The number of benzene rings is 1. The fourth-order valence-electron chi connectivity index (χ4n) is 2.84. The third-order valence-corrected chi connectivity index (χ3v) is 4.02. The summed E-state index contributed by atoms with van der Waals surface area (Å²) in [6, 6.07) is 8.42. The highest BCUT2D eigenvalue weighted by molar-refractivity contribution is 5.63. The van der Waals surface area contributed by atoms with E-state index in [1.54, 1.807) is 0 Å². The summed E-state index contributed by atoms with van der Waals surface area (Å²) in [6.07, 6.45) is 5.15. The Morgan fingerprint density at radius 1 is 1.39 bits per heavy atom. The summed E-state index contributed by atoms with van der Waals surface area (Å²) >= 11 is 0. The predicted octanol–water partition coefficient (Wildman–Crippen LogP) is 3.16. The summed E-state index contributed by atoms with van der Waals surface area (Å²) in [5, 5.41) is 8.89. The van der Waals surface area contributed by atoms with E-state index in [1.165, 1.54) is 25.7 Å². The standard InChI is InChI=1S/C15H21N3/c1-11-4-3-5-13(8-11)18(2)14-7-6-12(10-16)15(17)9-14/h6-7,9,11,13H,3-5,8,17H2,1-2H3. The van der Waals surface area contributed by atoms with Gasteiger partial charge in [0.05, 0.1) is 11.3 Å². The van der Waals surface area contributed by atoms with Crippen molar-refractivity contribution in [1.82, 2.24) is 0 Å². The van der Waals surface area contributed by atoms with E-state index in [-0.39, 0.29) is 0 Å². The second-order valence-electron chi connectivity index (χ2n) is 5.42. The van der Waals surface area contributed by atoms with Crippen LogP contribution in [0.2, 0.25) is 0 Å². The number of anilines is 2. The highest BCUT2D eigenvalue weighted by atomic mass is 15.1. The summed E-state index contributed by atoms with van der Waals surface area (Å²) in [6.45, 7) is 2.33. The van der Waals surface area contributed by atoms with Crippen molar-refractivity contribution in [3.8, 4) is 6.07 Å². The van der Waals surface area contributed by atoms with Crippen molar-refractivity contribution in [2.45, 2.75) is 38.6 Å². The average Bonchev–Trinajstić information content (AvgIpc) is 2.37. The zero-order chi connectivity index (χ0) is 13.1. The maximum absolute atomic E-state index is 8.89. The normalized spacial score (nSPS) is 23.4. The van der Waals surface area contributed by atoms with Gasteiger partial charge < -0.3 is 10.6 Å². The molecule has 2 N–H and O–H groups in total. The van der Waals surface area contributed by atoms with Crippen LogP contribution in [-0.2, 0) is 0 Å². The van der Waals surface area contributed by atoms with Crippen molar-refractivity contribution >= 4 is 11.4 Å². The fourth-order valence-corrected chi connectivity index (χ4v) is 2.84. The molecular formula is C15H21N3. The lowest BCUT2D eigenvalue weighted by atomic mass is 9.86. The van der Waals surface area contributed by atoms with Crippen LogP contribution in [0.5, 0.6) is 0 Å². The van der Waals surface area contributed by atoms with Gasteiger partial charge in [-0.25, -0.2) is 0 Å². The van der Waals surface area contributed by atoms with Crippen LogP contribution in [0.25, 0.3) is 0 Å². The van der Waals surface area contributed by atoms with Crippen molar-refractivity contribution in [1.29, 1.82) is 5.26 Å². The van der Waals surface area contributed by atoms with Crippen LogP contribution < -0.4 is 10.6 Å². The van der Waals surface area contributed by atoms with Crippen molar-refractivity contribution in [3.05, 3.63) is 23.8 Å². The molecule has 2 atom stereocenters. The quantitative estimate of drug-likeness (QED) is 0.812. The first-order valence-corrected chi connectivity index (χ1v) is 6.64. The van der Waals surface area contributed by atoms with E-state index in [1.807, 2.05) is 18.2 Å². The predicted molar refractivity (Wildman–Crippen MR) is 75.4 cm³/mol. The van der Waals surface area contributed by atoms with Crippen molar-refractivity contribution in [2.75, 3.05) is 17.7 Å². The van der Waals surface area contributed by atoms with E-state index < -0.39 is 0 Å². The number of rotatable bonds is 2. The van der Waals surface area contributed by atoms with Gasteiger partial charge in [0.25, 0.3) is 0 Å². The lowest BCUT2D eigenvalue weighted by molar-refractivity contribution is 0.336. The van der Waals surface area contributed by atoms with Crippen LogP contribution in [0.1, 0.15) is 38.2 Å². The Morgan fingerprint density at radius 2 is 2.17 bits per heavy atom. The fraction of sp³-hybridized carbons (Fsp3) is 0.533. The maximum Gasteiger partial charge on any atom is 0.101 e. The van der Waals surface area contributed by atoms with E-state index in [0.717, 1.165) is 11.6 Å². The number of hydrogen-bond donors (Lipinski definition) is 1. The molecule has 1 aliphatic rings. The van der Waals surface area contributed by atoms with Crippen molar-refractivity contribution in [3.63, 3.8) is 0 Å². The monoisotopic (exact) mass is 243 g/mol. The molecule has 0 bridgehead atoms. The number of nitrogens with two attached hydrogens (primary N) is 1. The molecule has 3 heteroatoms. The lowest BCUT2D eigenvalue weighted by Gasteiger charge is -2.35. The van der Waals surface area contributed by atoms with E-state index in [9.17, 15) is 0 Å². The van der Waals surface area contributed by atoms with Crippen LogP contribution in [-0.4, -0.2) is 13.1 Å². The highest BCUT2D eigenvalue weighted by Crippen LogP contribution is 2.30. The Balaban J connectivity index is 2.15. The molecule has 1 fully saturated rings. The molecule has 0 radical (unpaired) electrons. The molecule has 0 heterocycles. The first-order valence-electron chi connectivity index (χ1n) is 6.64. The Bertz CT molecular complexity index is 461. The largest absolute Gasteiger partial charge is 0.398 e. The third kappa shape index (κ3) is 2.59. The van der Waals surface area contributed by atoms with Gasteiger partial charge in [-0.1, -0.05) is 19.8 Å². The van der Waals surface area contributed by atoms with Gasteiger partial charge in [0.2, 0.25) is 0 Å². The Kier molecular flexibility index (Phi) is 3.76. The number of nitriles is 1. The van der Waals surface area contributed by atoms with Gasteiger partial charge in [0, 0.05) is 18.8 Å². The summed E-state index contributed by atoms with van der Waals surface area (Å²) in [7, 11) is 2.13. The van der Waals surface area contributed by atoms with Crippen LogP contribution >= 0.6 is 0 Å². The van der Waals surface area contributed by atoms with Gasteiger partial charge in [0.1, 0.15) is 6.07 Å². The minimum atomic E-state index is 0.559. The van der Waals surface area contributed by atoms with E-state index >= 15 is 0 Å². The lowest BCUT2D eigenvalue weighted by Crippen LogP contribution is -2.35. The van der Waals surface area contributed by atoms with Crippen LogP contribution in [0, 0.1) is 17.2 Å². The molecule has 0 saturated heterocycles. The van der Waals surface area contributed by atoms with Gasteiger partial charge in [-0.2, -0.15) is 5.26 Å². The molecule has 1 aromatic rings. The van der Waals surface area contributed by atoms with Crippen LogP contribution in [0.15, 0.2) is 18.2 Å². The molecule has 1 aliphatic carbocycles. The van der Waals surface area contributed by atoms with E-state index in [4.69, 9.17) is 11.0 Å². The van der Waals surface area contributed by atoms with Gasteiger partial charge in [0.15, 0.2) is 0 Å². The molecule has 0 amide bonds. The minimum absolute atomic E-state index is 0.559. The van der Waals surface area contributed by atoms with Crippen molar-refractivity contribution < 1.29 is 0 Å². The molecule has 0 aliphatic heterocycles. The highest BCUT2D eigenvalue weighted by Gasteiger charge is 2.22. The number of hydrogen-bond acceptors (Lipinski definition) is 3. The molecular weight excluding hydrogens is 222 g/mol. The Morgan fingerprint density at radius 3 is 2.78 bits per heavy atom. The van der Waals surface area contributed by atoms with E-state index in [0.29, 0.717) is 17.3 Å². The maximum atomic E-state index is 8.89. The van der Waals surface area contributed by atoms with Crippen LogP contribution in [0.4, 0.5) is 11.4 Å². The summed E-state index contributed by atoms with van der Waals surface area (Å²) in [4.78, 5) is 2.31. The molecule has 0 spiro atoms. The van der Waals surface area contributed by atoms with Gasteiger partial charge in [-0.3, -0.25) is 0 Å². The molecule has 2 rings (SSSR count). The smallest absolute Gasteiger partial charge is 0.101 e. The topological polar surface area (TPSA) is 53.0 Å². The third-order valence-electron chi connectivity index (χ3n) is 4.02. The zero-order valence-electron chi connectivity index (χ0n) is 11.2. The Hall–Kier alpha value is -1.69. The SMILES string of the molecule is CC1CCCC(N(C)c2ccc(C#N)c(N)c2)C1. The molecule has 3 nitrogen and oxygen atoms in total. The molecule has 1 saturated carbocycles. The summed E-state index contributed by atoms with van der Waals surface area (Å²) in [5.41, 5.74) is 8.13. The molecule has 2 unspecified atom stereocenters. The molecule has 18 heavy (non-hydrogen) atoms. The van der Waals surface area contributed by atoms with Crippen molar-refractivity contribution in [2.24, 2.45) is 5.92 Å². The van der Waals surface area contributed by atoms with Gasteiger partial charge >= 0.3 is 0 Å². The van der Waals surface area contributed by atoms with Gasteiger partial charge in [-0.15, -0.1) is 0 Å². The number of nitrogen functional groups attached to an aromatic ring is 1.